The van der Waals surface area contributed by atoms with Crippen molar-refractivity contribution in [2.24, 2.45) is 0 Å². The molecule has 6 nitrogen and oxygen atoms in total. The number of aryl methyl sites for hydroxylation is 1. The van der Waals surface area contributed by atoms with Crippen molar-refractivity contribution in [2.45, 2.75) is 61.8 Å². The van der Waals surface area contributed by atoms with Crippen molar-refractivity contribution in [3.63, 3.8) is 0 Å². The summed E-state index contributed by atoms with van der Waals surface area (Å²) in [6.07, 6.45) is 2.73. The first-order chi connectivity index (χ1) is 16.6. The van der Waals surface area contributed by atoms with Gasteiger partial charge in [-0.3, -0.25) is 0 Å². The van der Waals surface area contributed by atoms with E-state index in [0.29, 0.717) is 11.9 Å². The van der Waals surface area contributed by atoms with E-state index < -0.39 is 0 Å². The van der Waals surface area contributed by atoms with Gasteiger partial charge in [0.2, 0.25) is 11.9 Å². The summed E-state index contributed by atoms with van der Waals surface area (Å²) in [5.41, 5.74) is 8.98. The molecule has 0 aliphatic heterocycles. The largest absolute Gasteiger partial charge is 0.361 e. The highest BCUT2D eigenvalue weighted by Crippen LogP contribution is 2.35. The van der Waals surface area contributed by atoms with Gasteiger partial charge in [0.05, 0.1) is 0 Å². The molecule has 0 bridgehead atoms. The number of para-hydroxylation sites is 1. The van der Waals surface area contributed by atoms with Crippen LogP contribution in [0.15, 0.2) is 36.5 Å². The molecule has 35 heavy (non-hydrogen) atoms. The number of aromatic amines is 1. The molecule has 0 amide bonds. The smallest absolute Gasteiger partial charge is 0.234 e. The van der Waals surface area contributed by atoms with Crippen LogP contribution >= 0.6 is 0 Å². The number of H-pyrrole nitrogens is 1. The summed E-state index contributed by atoms with van der Waals surface area (Å²) in [6, 6.07) is 10.3. The molecule has 4 rings (SSSR count). The lowest BCUT2D eigenvalue weighted by Gasteiger charge is -2.26. The van der Waals surface area contributed by atoms with Gasteiger partial charge in [-0.15, -0.1) is 0 Å². The minimum Gasteiger partial charge on any atom is -0.361 e. The summed E-state index contributed by atoms with van der Waals surface area (Å²) in [6.45, 7) is 17.0. The molecular weight excluding hydrogens is 432 g/mol. The highest BCUT2D eigenvalue weighted by Gasteiger charge is 2.19. The number of hydrogen-bond donors (Lipinski definition) is 1. The van der Waals surface area contributed by atoms with Crippen LogP contribution in [0.1, 0.15) is 54.4 Å². The van der Waals surface area contributed by atoms with Gasteiger partial charge in [0.1, 0.15) is 5.82 Å². The van der Waals surface area contributed by atoms with Crippen LogP contribution in [-0.4, -0.2) is 41.1 Å². The maximum absolute atomic E-state index is 4.65. The van der Waals surface area contributed by atoms with Crippen molar-refractivity contribution in [1.29, 1.82) is 0 Å². The van der Waals surface area contributed by atoms with E-state index in [1.807, 2.05) is 58.2 Å². The zero-order valence-corrected chi connectivity index (χ0v) is 23.4. The maximum atomic E-state index is 4.65. The Hall–Kier alpha value is -3.41. The second-order valence-electron chi connectivity index (χ2n) is 8.70. The van der Waals surface area contributed by atoms with Crippen molar-refractivity contribution in [3.8, 4) is 0 Å². The average Bonchev–Trinajstić information content (AvgIpc) is 3.36. The van der Waals surface area contributed by atoms with E-state index in [2.05, 4.69) is 84.6 Å². The van der Waals surface area contributed by atoms with Gasteiger partial charge in [-0.25, -0.2) is 0 Å². The van der Waals surface area contributed by atoms with Crippen LogP contribution in [0.2, 0.25) is 0 Å². The highest BCUT2D eigenvalue weighted by atomic mass is 15.3. The summed E-state index contributed by atoms with van der Waals surface area (Å²) < 4.78 is 0. The van der Waals surface area contributed by atoms with Crippen LogP contribution < -0.4 is 9.80 Å². The fourth-order valence-electron chi connectivity index (χ4n) is 3.98. The second-order valence-corrected chi connectivity index (χ2v) is 8.70. The van der Waals surface area contributed by atoms with Crippen molar-refractivity contribution >= 4 is 28.5 Å². The number of benzene rings is 2. The topological polar surface area (TPSA) is 60.9 Å². The molecule has 0 atom stereocenters. The SMILES string of the molecule is CC.CCc1nc(N(C)C)nc(N(C)c2c(C)c(C)c(C)c(C)c2C)n1.c1ccc2[nH]ccc2c1. The Bertz CT molecular complexity index is 1200. The molecule has 0 fully saturated rings. The third kappa shape index (κ3) is 6.18. The Morgan fingerprint density at radius 3 is 1.80 bits per heavy atom. The number of nitrogens with zero attached hydrogens (tertiary/aromatic N) is 5. The Morgan fingerprint density at radius 2 is 1.26 bits per heavy atom. The van der Waals surface area contributed by atoms with Crippen molar-refractivity contribution in [1.82, 2.24) is 19.9 Å². The first-order valence-corrected chi connectivity index (χ1v) is 12.4. The molecule has 4 aromatic rings. The molecule has 0 saturated carbocycles. The van der Waals surface area contributed by atoms with E-state index in [9.17, 15) is 0 Å². The van der Waals surface area contributed by atoms with E-state index in [1.165, 1.54) is 44.4 Å². The number of hydrogen-bond acceptors (Lipinski definition) is 5. The van der Waals surface area contributed by atoms with Crippen LogP contribution in [0.3, 0.4) is 0 Å². The third-order valence-corrected chi connectivity index (χ3v) is 6.43. The second kappa shape index (κ2) is 12.3. The third-order valence-electron chi connectivity index (χ3n) is 6.43. The lowest BCUT2D eigenvalue weighted by molar-refractivity contribution is 0.853. The number of rotatable bonds is 4. The fourth-order valence-corrected chi connectivity index (χ4v) is 3.98. The highest BCUT2D eigenvalue weighted by molar-refractivity contribution is 5.78. The van der Waals surface area contributed by atoms with Gasteiger partial charge in [-0.2, -0.15) is 15.0 Å². The summed E-state index contributed by atoms with van der Waals surface area (Å²) in [5.74, 6) is 2.20. The van der Waals surface area contributed by atoms with E-state index in [0.717, 1.165) is 12.2 Å². The zero-order valence-electron chi connectivity index (χ0n) is 23.4. The van der Waals surface area contributed by atoms with Gasteiger partial charge in [0, 0.05) is 45.0 Å². The first-order valence-electron chi connectivity index (χ1n) is 12.4. The van der Waals surface area contributed by atoms with Crippen molar-refractivity contribution in [2.75, 3.05) is 30.9 Å². The molecule has 0 aliphatic rings. The van der Waals surface area contributed by atoms with Gasteiger partial charge in [0.25, 0.3) is 0 Å². The predicted octanol–water partition coefficient (Wildman–Crippen LogP) is 7.00. The summed E-state index contributed by atoms with van der Waals surface area (Å²) in [5, 5.41) is 1.28. The Kier molecular flexibility index (Phi) is 9.81. The standard InChI is InChI=1S/C19H29N5.C8H7N.C2H6/c1-10-16-20-18(23(7)8)22-19(21-16)24(9)17-14(5)12(3)11(2)13(4)15(17)6;1-2-4-8-7(3-1)5-6-9-8;1-2/h10H2,1-9H3;1-6,9H;1-2H3. The Labute approximate surface area is 211 Å². The predicted molar refractivity (Wildman–Crippen MR) is 151 cm³/mol. The van der Waals surface area contributed by atoms with Gasteiger partial charge < -0.3 is 14.8 Å². The minimum atomic E-state index is 0.694. The van der Waals surface area contributed by atoms with E-state index in [1.54, 1.807) is 0 Å². The van der Waals surface area contributed by atoms with Crippen LogP contribution in [0.5, 0.6) is 0 Å². The van der Waals surface area contributed by atoms with Crippen LogP contribution in [-0.2, 0) is 6.42 Å². The summed E-state index contributed by atoms with van der Waals surface area (Å²) in [4.78, 5) is 20.9. The minimum absolute atomic E-state index is 0.694. The van der Waals surface area contributed by atoms with Crippen molar-refractivity contribution in [3.05, 3.63) is 70.2 Å². The summed E-state index contributed by atoms with van der Waals surface area (Å²) >= 11 is 0. The van der Waals surface area contributed by atoms with E-state index in [4.69, 9.17) is 0 Å². The average molecular weight is 475 g/mol. The molecule has 2 aromatic carbocycles. The monoisotopic (exact) mass is 474 g/mol. The molecular formula is C29H42N6. The molecule has 0 saturated heterocycles. The molecule has 1 N–H and O–H groups in total. The van der Waals surface area contributed by atoms with Crippen molar-refractivity contribution < 1.29 is 0 Å². The normalized spacial score (nSPS) is 10.3. The van der Waals surface area contributed by atoms with Crippen LogP contribution in [0, 0.1) is 34.6 Å². The first kappa shape index (κ1) is 27.8. The Morgan fingerprint density at radius 1 is 0.714 bits per heavy atom. The lowest BCUT2D eigenvalue weighted by Crippen LogP contribution is -2.21. The molecule has 0 unspecified atom stereocenters. The number of fused-ring (bicyclic) bond motifs is 1. The number of anilines is 3. The molecule has 0 aliphatic carbocycles. The molecule has 0 radical (unpaired) electrons. The maximum Gasteiger partial charge on any atom is 0.234 e. The van der Waals surface area contributed by atoms with Crippen LogP contribution in [0.4, 0.5) is 17.6 Å². The molecule has 2 heterocycles. The lowest BCUT2D eigenvalue weighted by atomic mass is 9.92. The van der Waals surface area contributed by atoms with E-state index in [-0.39, 0.29) is 0 Å². The summed E-state index contributed by atoms with van der Waals surface area (Å²) in [7, 11) is 5.95. The quantitative estimate of drug-likeness (QED) is 0.345. The van der Waals surface area contributed by atoms with Gasteiger partial charge >= 0.3 is 0 Å². The van der Waals surface area contributed by atoms with Gasteiger partial charge in [0.15, 0.2) is 0 Å². The molecule has 2 aromatic heterocycles. The molecule has 0 spiro atoms. The molecule has 6 heteroatoms. The Balaban J connectivity index is 0.000000323. The van der Waals surface area contributed by atoms with Gasteiger partial charge in [-0.05, 0) is 80.0 Å². The van der Waals surface area contributed by atoms with Gasteiger partial charge in [-0.1, -0.05) is 39.0 Å². The molecule has 188 valence electrons. The zero-order chi connectivity index (χ0) is 26.3. The van der Waals surface area contributed by atoms with Crippen LogP contribution in [0.25, 0.3) is 10.9 Å². The number of aromatic nitrogens is 4. The fraction of sp³-hybridized carbons (Fsp3) is 0.414. The number of nitrogens with one attached hydrogen (secondary N) is 1. The van der Waals surface area contributed by atoms with E-state index >= 15 is 0 Å².